The minimum Gasteiger partial charge on any atom is -0.454 e. The molecule has 0 radical (unpaired) electrons. The Hall–Kier alpha value is -1.33. The first-order chi connectivity index (χ1) is 8.56. The van der Waals surface area contributed by atoms with Crippen molar-refractivity contribution in [2.75, 3.05) is 0 Å². The van der Waals surface area contributed by atoms with E-state index in [1.165, 1.54) is 12.3 Å². The molecule has 0 aliphatic carbocycles. The number of hydrogen-bond donors (Lipinski definition) is 1. The Morgan fingerprint density at radius 2 is 2.39 bits per heavy atom. The van der Waals surface area contributed by atoms with Crippen LogP contribution >= 0.6 is 22.9 Å². The molecule has 0 bridgehead atoms. The van der Waals surface area contributed by atoms with Gasteiger partial charge in [-0.25, -0.2) is 9.78 Å². The van der Waals surface area contributed by atoms with Crippen molar-refractivity contribution < 1.29 is 9.53 Å². The first-order valence-corrected chi connectivity index (χ1v) is 6.77. The highest BCUT2D eigenvalue weighted by molar-refractivity contribution is 7.09. The van der Waals surface area contributed by atoms with Gasteiger partial charge in [0.25, 0.3) is 0 Å². The van der Waals surface area contributed by atoms with Crippen molar-refractivity contribution in [1.29, 1.82) is 0 Å². The molecule has 0 fully saturated rings. The smallest absolute Gasteiger partial charge is 0.355 e. The van der Waals surface area contributed by atoms with Crippen LogP contribution in [0.3, 0.4) is 0 Å². The molecule has 6 heteroatoms. The number of carbonyl (C=O) groups is 1. The van der Waals surface area contributed by atoms with Gasteiger partial charge in [-0.2, -0.15) is 0 Å². The number of esters is 1. The van der Waals surface area contributed by atoms with Crippen LogP contribution in [-0.4, -0.2) is 15.9 Å². The fourth-order valence-electron chi connectivity index (χ4n) is 1.36. The minimum atomic E-state index is -0.430. The van der Waals surface area contributed by atoms with Gasteiger partial charge < -0.3 is 9.72 Å². The average molecular weight is 285 g/mol. The van der Waals surface area contributed by atoms with Crippen molar-refractivity contribution in [3.05, 3.63) is 39.1 Å². The van der Waals surface area contributed by atoms with Gasteiger partial charge >= 0.3 is 5.97 Å². The van der Waals surface area contributed by atoms with E-state index < -0.39 is 5.97 Å². The van der Waals surface area contributed by atoms with E-state index in [1.807, 2.05) is 5.38 Å². The maximum Gasteiger partial charge on any atom is 0.355 e. The zero-order valence-corrected chi connectivity index (χ0v) is 11.6. The average Bonchev–Trinajstić information content (AvgIpc) is 2.94. The molecular weight excluding hydrogens is 272 g/mol. The van der Waals surface area contributed by atoms with Gasteiger partial charge in [0.15, 0.2) is 0 Å². The predicted molar refractivity (Wildman–Crippen MR) is 71.1 cm³/mol. The largest absolute Gasteiger partial charge is 0.454 e. The number of hydrogen-bond acceptors (Lipinski definition) is 4. The maximum atomic E-state index is 11.6. The van der Waals surface area contributed by atoms with Crippen LogP contribution in [0.15, 0.2) is 17.6 Å². The third kappa shape index (κ3) is 3.11. The number of carbonyl (C=O) groups excluding carboxylic acids is 1. The van der Waals surface area contributed by atoms with E-state index in [0.29, 0.717) is 16.6 Å². The molecule has 2 rings (SSSR count). The lowest BCUT2D eigenvalue weighted by Gasteiger charge is -2.01. The number of ether oxygens (including phenoxy) is 1. The number of aromatic amines is 1. The molecule has 0 unspecified atom stereocenters. The Kier molecular flexibility index (Phi) is 4.04. The number of nitrogens with zero attached hydrogens (tertiary/aromatic N) is 1. The van der Waals surface area contributed by atoms with Crippen LogP contribution < -0.4 is 0 Å². The topological polar surface area (TPSA) is 55.0 Å². The molecule has 4 nitrogen and oxygen atoms in total. The van der Waals surface area contributed by atoms with E-state index in [0.717, 1.165) is 10.7 Å². The highest BCUT2D eigenvalue weighted by atomic mass is 35.5. The van der Waals surface area contributed by atoms with Crippen molar-refractivity contribution >= 4 is 28.9 Å². The van der Waals surface area contributed by atoms with Gasteiger partial charge in [0.2, 0.25) is 0 Å². The molecule has 0 aliphatic heterocycles. The Morgan fingerprint density at radius 1 is 1.61 bits per heavy atom. The summed E-state index contributed by atoms with van der Waals surface area (Å²) in [6.45, 7) is 4.34. The zero-order chi connectivity index (χ0) is 13.1. The summed E-state index contributed by atoms with van der Waals surface area (Å²) in [6, 6.07) is 1.53. The molecule has 1 N–H and O–H groups in total. The number of H-pyrrole nitrogens is 1. The third-order valence-corrected chi connectivity index (χ3v) is 3.69. The molecule has 96 valence electrons. The Balaban J connectivity index is 1.93. The zero-order valence-electron chi connectivity index (χ0n) is 10.1. The molecular formula is C12H13ClN2O2S. The SMILES string of the molecule is CC(C)c1nc(COC(=O)c2cc(Cl)c[nH]2)cs1. The summed E-state index contributed by atoms with van der Waals surface area (Å²) in [7, 11) is 0. The number of thiazole rings is 1. The number of nitrogens with one attached hydrogen (secondary N) is 1. The predicted octanol–water partition coefficient (Wildman–Crippen LogP) is 3.61. The van der Waals surface area contributed by atoms with Crippen LogP contribution in [0, 0.1) is 0 Å². The fourth-order valence-corrected chi connectivity index (χ4v) is 2.34. The quantitative estimate of drug-likeness (QED) is 0.873. The van der Waals surface area contributed by atoms with Crippen LogP contribution in [0.4, 0.5) is 0 Å². The van der Waals surface area contributed by atoms with Crippen LogP contribution in [-0.2, 0) is 11.3 Å². The van der Waals surface area contributed by atoms with Gasteiger partial charge in [-0.05, 0) is 6.07 Å². The Labute approximate surface area is 114 Å². The van der Waals surface area contributed by atoms with Gasteiger partial charge in [0.1, 0.15) is 12.3 Å². The fraction of sp³-hybridized carbons (Fsp3) is 0.333. The second-order valence-electron chi connectivity index (χ2n) is 4.14. The normalized spacial score (nSPS) is 10.9. The monoisotopic (exact) mass is 284 g/mol. The number of halogens is 1. The molecule has 2 aromatic rings. The second kappa shape index (κ2) is 5.54. The van der Waals surface area contributed by atoms with Gasteiger partial charge in [0, 0.05) is 17.5 Å². The van der Waals surface area contributed by atoms with Gasteiger partial charge in [-0.15, -0.1) is 11.3 Å². The summed E-state index contributed by atoms with van der Waals surface area (Å²) in [4.78, 5) is 18.8. The molecule has 0 amide bonds. The van der Waals surface area contributed by atoms with Crippen molar-refractivity contribution in [3.8, 4) is 0 Å². The Bertz CT molecular complexity index is 548. The standard InChI is InChI=1S/C12H13ClN2O2S/c1-7(2)11-15-9(6-18-11)5-17-12(16)10-3-8(13)4-14-10/h3-4,6-7,14H,5H2,1-2H3. The molecule has 0 aromatic carbocycles. The summed E-state index contributed by atoms with van der Waals surface area (Å²) in [6.07, 6.45) is 1.54. The van der Waals surface area contributed by atoms with Crippen LogP contribution in [0.1, 0.15) is 41.0 Å². The number of aromatic nitrogens is 2. The molecule has 0 saturated heterocycles. The third-order valence-electron chi connectivity index (χ3n) is 2.28. The first kappa shape index (κ1) is 13.1. The van der Waals surface area contributed by atoms with Crippen LogP contribution in [0.25, 0.3) is 0 Å². The lowest BCUT2D eigenvalue weighted by Crippen LogP contribution is -2.05. The molecule has 0 saturated carbocycles. The summed E-state index contributed by atoms with van der Waals surface area (Å²) >= 11 is 7.29. The highest BCUT2D eigenvalue weighted by Gasteiger charge is 2.11. The number of rotatable bonds is 4. The van der Waals surface area contributed by atoms with Crippen molar-refractivity contribution in [2.45, 2.75) is 26.4 Å². The van der Waals surface area contributed by atoms with E-state index in [1.54, 1.807) is 11.3 Å². The molecule has 0 spiro atoms. The van der Waals surface area contributed by atoms with E-state index in [9.17, 15) is 4.79 Å². The summed E-state index contributed by atoms with van der Waals surface area (Å²) in [5.41, 5.74) is 1.12. The van der Waals surface area contributed by atoms with Crippen LogP contribution in [0.2, 0.25) is 5.02 Å². The molecule has 0 aliphatic rings. The van der Waals surface area contributed by atoms with Crippen LogP contribution in [0.5, 0.6) is 0 Å². The van der Waals surface area contributed by atoms with E-state index in [-0.39, 0.29) is 6.61 Å². The van der Waals surface area contributed by atoms with Gasteiger partial charge in [-0.3, -0.25) is 0 Å². The molecule has 0 atom stereocenters. The molecule has 2 heterocycles. The summed E-state index contributed by atoms with van der Waals surface area (Å²) in [5.74, 6) is -0.0392. The maximum absolute atomic E-state index is 11.6. The van der Waals surface area contributed by atoms with Crippen molar-refractivity contribution in [3.63, 3.8) is 0 Å². The van der Waals surface area contributed by atoms with E-state index in [4.69, 9.17) is 16.3 Å². The van der Waals surface area contributed by atoms with Crippen molar-refractivity contribution in [2.24, 2.45) is 0 Å². The molecule has 2 aromatic heterocycles. The second-order valence-corrected chi connectivity index (χ2v) is 5.47. The summed E-state index contributed by atoms with van der Waals surface area (Å²) < 4.78 is 5.14. The minimum absolute atomic E-state index is 0.179. The highest BCUT2D eigenvalue weighted by Crippen LogP contribution is 2.19. The molecule has 18 heavy (non-hydrogen) atoms. The lowest BCUT2D eigenvalue weighted by molar-refractivity contribution is 0.0462. The van der Waals surface area contributed by atoms with Gasteiger partial charge in [-0.1, -0.05) is 25.4 Å². The van der Waals surface area contributed by atoms with E-state index >= 15 is 0 Å². The first-order valence-electron chi connectivity index (χ1n) is 5.51. The lowest BCUT2D eigenvalue weighted by atomic mass is 10.2. The Morgan fingerprint density at radius 3 is 2.94 bits per heavy atom. The summed E-state index contributed by atoms with van der Waals surface area (Å²) in [5, 5.41) is 3.44. The van der Waals surface area contributed by atoms with Gasteiger partial charge in [0.05, 0.1) is 15.7 Å². The van der Waals surface area contributed by atoms with Crippen molar-refractivity contribution in [1.82, 2.24) is 9.97 Å². The van der Waals surface area contributed by atoms with E-state index in [2.05, 4.69) is 23.8 Å².